The van der Waals surface area contributed by atoms with Crippen LogP contribution in [0.2, 0.25) is 0 Å². The summed E-state index contributed by atoms with van der Waals surface area (Å²) >= 11 is -0.867. The van der Waals surface area contributed by atoms with Crippen molar-refractivity contribution < 1.29 is 4.74 Å². The van der Waals surface area contributed by atoms with Crippen molar-refractivity contribution in [3.05, 3.63) is 67.3 Å². The first kappa shape index (κ1) is 12.4. The van der Waals surface area contributed by atoms with E-state index in [2.05, 4.69) is 61.2 Å². The van der Waals surface area contributed by atoms with Crippen LogP contribution in [0.15, 0.2) is 67.3 Å². The van der Waals surface area contributed by atoms with Gasteiger partial charge in [0.25, 0.3) is 0 Å². The monoisotopic (exact) mass is 418 g/mol. The summed E-state index contributed by atoms with van der Waals surface area (Å²) in [6, 6.07) is 19.2. The molecule has 84 valence electrons. The average Bonchev–Trinajstić information content (AvgIpc) is 2.39. The van der Waals surface area contributed by atoms with E-state index in [1.54, 1.807) is 6.08 Å². The van der Waals surface area contributed by atoms with Crippen molar-refractivity contribution in [3.63, 3.8) is 0 Å². The molecule has 0 amide bonds. The molecule has 0 N–H and O–H groups in total. The van der Waals surface area contributed by atoms with E-state index in [1.807, 2.05) is 0 Å². The molecule has 0 fully saturated rings. The first-order chi connectivity index (χ1) is 8.38. The fraction of sp³-hybridized carbons (Fsp3) is 0.0667. The first-order valence-corrected chi connectivity index (χ1v) is 9.43. The molecule has 2 rings (SSSR count). The molecule has 0 heterocycles. The van der Waals surface area contributed by atoms with Crippen LogP contribution in [0.3, 0.4) is 0 Å². The standard InChI is InChI=1S/C9H9O.C6H5.Pb/c1-2-8-10-9-6-4-3-5-7-9;1-2-4-6-5-3-1;/h2,4-7H,1,8H2;1-5H;. The predicted octanol–water partition coefficient (Wildman–Crippen LogP) is 1.91. The molecule has 0 aromatic heterocycles. The summed E-state index contributed by atoms with van der Waals surface area (Å²) in [6.07, 6.45) is 1.76. The molecule has 0 spiro atoms. The molecule has 0 saturated carbocycles. The summed E-state index contributed by atoms with van der Waals surface area (Å²) in [5.74, 6) is 0.922. The fourth-order valence-electron chi connectivity index (χ4n) is 1.48. The molecule has 0 atom stereocenters. The van der Waals surface area contributed by atoms with Crippen LogP contribution in [0.5, 0.6) is 5.75 Å². The number of benzene rings is 2. The van der Waals surface area contributed by atoms with E-state index in [4.69, 9.17) is 4.74 Å². The molecule has 0 saturated heterocycles. The van der Waals surface area contributed by atoms with Gasteiger partial charge in [0.2, 0.25) is 0 Å². The molecule has 1 nitrogen and oxygen atoms in total. The number of rotatable bonds is 5. The Morgan fingerprint density at radius 2 is 1.59 bits per heavy atom. The van der Waals surface area contributed by atoms with Gasteiger partial charge in [-0.1, -0.05) is 0 Å². The molecular weight excluding hydrogens is 403 g/mol. The Labute approximate surface area is 114 Å². The Morgan fingerprint density at radius 3 is 2.24 bits per heavy atom. The van der Waals surface area contributed by atoms with Crippen LogP contribution in [-0.4, -0.2) is 30.8 Å². The summed E-state index contributed by atoms with van der Waals surface area (Å²) in [5, 5.41) is 0. The van der Waals surface area contributed by atoms with Crippen LogP contribution in [0.4, 0.5) is 0 Å². The van der Waals surface area contributed by atoms with Crippen LogP contribution >= 0.6 is 0 Å². The van der Waals surface area contributed by atoms with Gasteiger partial charge < -0.3 is 0 Å². The Bertz CT molecular complexity index is 462. The zero-order chi connectivity index (χ0) is 11.9. The van der Waals surface area contributed by atoms with Crippen molar-refractivity contribution in [1.29, 1.82) is 0 Å². The molecule has 0 unspecified atom stereocenters. The van der Waals surface area contributed by atoms with Gasteiger partial charge in [0.1, 0.15) is 0 Å². The van der Waals surface area contributed by atoms with Gasteiger partial charge in [0.05, 0.1) is 0 Å². The number of hydrogen-bond acceptors (Lipinski definition) is 1. The molecule has 0 aliphatic heterocycles. The fourth-order valence-corrected chi connectivity index (χ4v) is 5.47. The molecule has 2 heteroatoms. The van der Waals surface area contributed by atoms with E-state index in [1.165, 1.54) is 6.25 Å². The summed E-state index contributed by atoms with van der Waals surface area (Å²) < 4.78 is 8.47. The van der Waals surface area contributed by atoms with Crippen molar-refractivity contribution in [1.82, 2.24) is 0 Å². The van der Waals surface area contributed by atoms with Gasteiger partial charge in [-0.2, -0.15) is 0 Å². The van der Waals surface area contributed by atoms with Gasteiger partial charge in [0, 0.05) is 0 Å². The topological polar surface area (TPSA) is 9.23 Å². The quantitative estimate of drug-likeness (QED) is 0.534. The van der Waals surface area contributed by atoms with Crippen molar-refractivity contribution in [3.8, 4) is 5.75 Å². The Morgan fingerprint density at radius 1 is 0.941 bits per heavy atom. The SMILES string of the molecule is C=CCOc1cc[c]([Pb][c]2ccccc2)cc1. The number of ether oxygens (including phenoxy) is 1. The van der Waals surface area contributed by atoms with E-state index in [0.717, 1.165) is 5.75 Å². The van der Waals surface area contributed by atoms with Gasteiger partial charge >= 0.3 is 115 Å². The van der Waals surface area contributed by atoms with Crippen molar-refractivity contribution in [2.75, 3.05) is 6.61 Å². The summed E-state index contributed by atoms with van der Waals surface area (Å²) in [4.78, 5) is 0. The summed E-state index contributed by atoms with van der Waals surface area (Å²) in [6.45, 7) is 4.20. The molecule has 0 aliphatic carbocycles. The minimum atomic E-state index is -0.867. The van der Waals surface area contributed by atoms with Gasteiger partial charge in [-0.3, -0.25) is 0 Å². The average molecular weight is 417 g/mol. The third-order valence-corrected chi connectivity index (χ3v) is 7.12. The second-order valence-electron chi connectivity index (χ2n) is 3.62. The first-order valence-electron chi connectivity index (χ1n) is 5.54. The van der Waals surface area contributed by atoms with Crippen LogP contribution in [0, 0.1) is 0 Å². The van der Waals surface area contributed by atoms with E-state index in [9.17, 15) is 0 Å². The van der Waals surface area contributed by atoms with Crippen molar-refractivity contribution >= 4 is 30.5 Å². The molecular formula is C15H14OPb. The Kier molecular flexibility index (Phi) is 4.79. The molecule has 0 bridgehead atoms. The van der Waals surface area contributed by atoms with Crippen LogP contribution in [-0.2, 0) is 0 Å². The van der Waals surface area contributed by atoms with E-state index in [-0.39, 0.29) is 0 Å². The summed E-state index contributed by atoms with van der Waals surface area (Å²) in [5.41, 5.74) is 0. The molecule has 17 heavy (non-hydrogen) atoms. The van der Waals surface area contributed by atoms with Gasteiger partial charge in [-0.25, -0.2) is 0 Å². The molecule has 0 aliphatic rings. The molecule has 2 radical (unpaired) electrons. The molecule has 2 aromatic rings. The van der Waals surface area contributed by atoms with Crippen LogP contribution < -0.4 is 11.0 Å². The maximum atomic E-state index is 5.46. The second kappa shape index (κ2) is 6.59. The van der Waals surface area contributed by atoms with Gasteiger partial charge in [-0.15, -0.1) is 0 Å². The maximum absolute atomic E-state index is 5.46. The summed E-state index contributed by atoms with van der Waals surface area (Å²) in [7, 11) is 0. The zero-order valence-electron chi connectivity index (χ0n) is 9.60. The van der Waals surface area contributed by atoms with Gasteiger partial charge in [0.15, 0.2) is 0 Å². The van der Waals surface area contributed by atoms with E-state index < -0.39 is 24.2 Å². The minimum absolute atomic E-state index is 0.569. The zero-order valence-corrected chi connectivity index (χ0v) is 13.5. The van der Waals surface area contributed by atoms with Crippen LogP contribution in [0.1, 0.15) is 0 Å². The van der Waals surface area contributed by atoms with Crippen molar-refractivity contribution in [2.24, 2.45) is 0 Å². The van der Waals surface area contributed by atoms with E-state index >= 15 is 0 Å². The Hall–Kier alpha value is -1.10. The predicted molar refractivity (Wildman–Crippen MR) is 73.6 cm³/mol. The third kappa shape index (κ3) is 4.00. The van der Waals surface area contributed by atoms with Crippen LogP contribution in [0.25, 0.3) is 0 Å². The third-order valence-electron chi connectivity index (χ3n) is 2.28. The van der Waals surface area contributed by atoms with E-state index in [0.29, 0.717) is 6.61 Å². The number of hydrogen-bond donors (Lipinski definition) is 0. The second-order valence-corrected chi connectivity index (χ2v) is 9.08. The Balaban J connectivity index is 2.01. The normalized spacial score (nSPS) is 9.88. The van der Waals surface area contributed by atoms with Gasteiger partial charge in [-0.05, 0) is 0 Å². The van der Waals surface area contributed by atoms with Crippen molar-refractivity contribution in [2.45, 2.75) is 0 Å². The molecule has 2 aromatic carbocycles.